The smallest absolute Gasteiger partial charge is 0.112 e. The van der Waals surface area contributed by atoms with Crippen LogP contribution >= 0.6 is 0 Å². The second-order valence-corrected chi connectivity index (χ2v) is 4.37. The van der Waals surface area contributed by atoms with Gasteiger partial charge < -0.3 is 4.55 Å². The van der Waals surface area contributed by atoms with E-state index in [2.05, 4.69) is 6.92 Å². The third-order valence-electron chi connectivity index (χ3n) is 1.65. The van der Waals surface area contributed by atoms with E-state index in [1.54, 1.807) is 0 Å². The monoisotopic (exact) mass is 132 g/mol. The molecule has 1 saturated heterocycles. The molecular weight excluding hydrogens is 120 g/mol. The van der Waals surface area contributed by atoms with Crippen molar-refractivity contribution >= 4 is 11.2 Å². The van der Waals surface area contributed by atoms with Gasteiger partial charge in [0.1, 0.15) is 11.0 Å². The molecule has 0 aromatic rings. The average Bonchev–Trinajstić information content (AvgIpc) is 1.77. The van der Waals surface area contributed by atoms with E-state index in [0.717, 1.165) is 5.75 Å². The summed E-state index contributed by atoms with van der Waals surface area (Å²) in [6, 6.07) is 0. The molecule has 0 aromatic carbocycles. The third-order valence-corrected chi connectivity index (χ3v) is 3.48. The van der Waals surface area contributed by atoms with Crippen molar-refractivity contribution in [1.29, 1.82) is 0 Å². The van der Waals surface area contributed by atoms with Crippen molar-refractivity contribution in [3.63, 3.8) is 0 Å². The molecule has 1 aliphatic rings. The summed E-state index contributed by atoms with van der Waals surface area (Å²) in [7, 11) is 0. The van der Waals surface area contributed by atoms with Crippen LogP contribution in [0.4, 0.5) is 0 Å². The van der Waals surface area contributed by atoms with Crippen LogP contribution in [-0.4, -0.2) is 15.6 Å². The van der Waals surface area contributed by atoms with Gasteiger partial charge in [0.15, 0.2) is 0 Å². The molecule has 1 fully saturated rings. The van der Waals surface area contributed by atoms with Crippen molar-refractivity contribution in [3.8, 4) is 0 Å². The van der Waals surface area contributed by atoms with Crippen molar-refractivity contribution in [3.05, 3.63) is 0 Å². The zero-order valence-corrected chi connectivity index (χ0v) is 6.04. The molecule has 2 atom stereocenters. The maximum absolute atomic E-state index is 10.9. The third kappa shape index (κ3) is 1.39. The van der Waals surface area contributed by atoms with Crippen molar-refractivity contribution in [2.75, 3.05) is 5.75 Å². The Kier molecular flexibility index (Phi) is 2.20. The van der Waals surface area contributed by atoms with E-state index in [0.29, 0.717) is 5.25 Å². The molecule has 0 aliphatic carbocycles. The first-order chi connectivity index (χ1) is 3.80. The largest absolute Gasteiger partial charge is 0.616 e. The lowest BCUT2D eigenvalue weighted by molar-refractivity contribution is 0.549. The Hall–Kier alpha value is 0.310. The fraction of sp³-hybridized carbons (Fsp3) is 1.00. The van der Waals surface area contributed by atoms with Gasteiger partial charge in [0.2, 0.25) is 0 Å². The summed E-state index contributed by atoms with van der Waals surface area (Å²) in [6.07, 6.45) is 3.64. The normalized spacial score (nSPS) is 39.8. The Balaban J connectivity index is 2.28. The standard InChI is InChI=1S/C6H12OS/c1-6-4-2-3-5-8(6)7/h6H,2-5H2,1H3. The molecule has 1 heterocycles. The van der Waals surface area contributed by atoms with Gasteiger partial charge in [0.05, 0.1) is 0 Å². The minimum Gasteiger partial charge on any atom is -0.616 e. The van der Waals surface area contributed by atoms with Crippen LogP contribution in [0.5, 0.6) is 0 Å². The Bertz CT molecular complexity index is 64.9. The molecule has 2 heteroatoms. The molecule has 48 valence electrons. The maximum Gasteiger partial charge on any atom is 0.112 e. The Labute approximate surface area is 53.7 Å². The van der Waals surface area contributed by atoms with E-state index >= 15 is 0 Å². The summed E-state index contributed by atoms with van der Waals surface area (Å²) in [6.45, 7) is 2.08. The maximum atomic E-state index is 10.9. The van der Waals surface area contributed by atoms with Crippen molar-refractivity contribution < 1.29 is 4.55 Å². The minimum atomic E-state index is -0.485. The highest BCUT2D eigenvalue weighted by Crippen LogP contribution is 2.17. The predicted molar refractivity (Wildman–Crippen MR) is 36.3 cm³/mol. The van der Waals surface area contributed by atoms with Crippen molar-refractivity contribution in [2.45, 2.75) is 31.4 Å². The Morgan fingerprint density at radius 1 is 1.50 bits per heavy atom. The molecule has 2 unspecified atom stereocenters. The quantitative estimate of drug-likeness (QED) is 0.456. The van der Waals surface area contributed by atoms with Gasteiger partial charge in [-0.25, -0.2) is 0 Å². The number of hydrogen-bond donors (Lipinski definition) is 0. The van der Waals surface area contributed by atoms with Gasteiger partial charge in [-0.1, -0.05) is 11.2 Å². The zero-order valence-electron chi connectivity index (χ0n) is 5.22. The molecule has 1 rings (SSSR count). The number of rotatable bonds is 0. The highest BCUT2D eigenvalue weighted by atomic mass is 32.2. The molecule has 8 heavy (non-hydrogen) atoms. The van der Waals surface area contributed by atoms with Crippen molar-refractivity contribution in [1.82, 2.24) is 0 Å². The van der Waals surface area contributed by atoms with Gasteiger partial charge in [-0.2, -0.15) is 0 Å². The predicted octanol–water partition coefficient (Wildman–Crippen LogP) is 1.31. The first kappa shape index (κ1) is 6.43. The molecule has 1 aliphatic heterocycles. The first-order valence-electron chi connectivity index (χ1n) is 3.18. The molecular formula is C6H12OS. The van der Waals surface area contributed by atoms with E-state index in [1.807, 2.05) is 0 Å². The van der Waals surface area contributed by atoms with E-state index in [4.69, 9.17) is 0 Å². The topological polar surface area (TPSA) is 23.1 Å². The Morgan fingerprint density at radius 2 is 2.25 bits per heavy atom. The van der Waals surface area contributed by atoms with Crippen LogP contribution in [0, 0.1) is 0 Å². The second-order valence-electron chi connectivity index (χ2n) is 2.39. The van der Waals surface area contributed by atoms with Crippen LogP contribution in [0.25, 0.3) is 0 Å². The second kappa shape index (κ2) is 2.74. The average molecular weight is 132 g/mol. The highest BCUT2D eigenvalue weighted by molar-refractivity contribution is 7.92. The molecule has 0 spiro atoms. The van der Waals surface area contributed by atoms with Crippen molar-refractivity contribution in [2.24, 2.45) is 0 Å². The van der Waals surface area contributed by atoms with E-state index < -0.39 is 11.2 Å². The van der Waals surface area contributed by atoms with E-state index in [9.17, 15) is 4.55 Å². The fourth-order valence-corrected chi connectivity index (χ4v) is 2.33. The zero-order chi connectivity index (χ0) is 5.98. The SMILES string of the molecule is CC1CCCC[S+]1[O-]. The van der Waals surface area contributed by atoms with Crippen LogP contribution in [0.3, 0.4) is 0 Å². The summed E-state index contributed by atoms with van der Waals surface area (Å²) in [5.74, 6) is 0.946. The molecule has 0 N–H and O–H groups in total. The van der Waals surface area contributed by atoms with Gasteiger partial charge in [-0.15, -0.1) is 0 Å². The minimum absolute atomic E-state index is 0.476. The molecule has 0 saturated carbocycles. The Morgan fingerprint density at radius 3 is 2.62 bits per heavy atom. The fourth-order valence-electron chi connectivity index (χ4n) is 1.01. The van der Waals surface area contributed by atoms with Crippen LogP contribution in [-0.2, 0) is 11.2 Å². The van der Waals surface area contributed by atoms with Crippen LogP contribution in [0.15, 0.2) is 0 Å². The van der Waals surface area contributed by atoms with E-state index in [1.165, 1.54) is 19.3 Å². The molecule has 0 bridgehead atoms. The van der Waals surface area contributed by atoms with Crippen LogP contribution in [0.2, 0.25) is 0 Å². The lowest BCUT2D eigenvalue weighted by Crippen LogP contribution is -2.25. The van der Waals surface area contributed by atoms with Crippen LogP contribution in [0.1, 0.15) is 26.2 Å². The lowest BCUT2D eigenvalue weighted by atomic mass is 10.2. The molecule has 1 nitrogen and oxygen atoms in total. The van der Waals surface area contributed by atoms with Gasteiger partial charge >= 0.3 is 0 Å². The summed E-state index contributed by atoms with van der Waals surface area (Å²) < 4.78 is 10.9. The van der Waals surface area contributed by atoms with Gasteiger partial charge in [-0.3, -0.25) is 0 Å². The lowest BCUT2D eigenvalue weighted by Gasteiger charge is -2.22. The first-order valence-corrected chi connectivity index (χ1v) is 4.56. The summed E-state index contributed by atoms with van der Waals surface area (Å²) in [4.78, 5) is 0. The molecule has 0 amide bonds. The summed E-state index contributed by atoms with van der Waals surface area (Å²) in [5, 5.41) is 0.476. The summed E-state index contributed by atoms with van der Waals surface area (Å²) in [5.41, 5.74) is 0. The highest BCUT2D eigenvalue weighted by Gasteiger charge is 2.20. The molecule has 0 radical (unpaired) electrons. The van der Waals surface area contributed by atoms with Gasteiger partial charge in [0.25, 0.3) is 0 Å². The van der Waals surface area contributed by atoms with Crippen LogP contribution < -0.4 is 0 Å². The summed E-state index contributed by atoms with van der Waals surface area (Å²) >= 11 is -0.485. The van der Waals surface area contributed by atoms with E-state index in [-0.39, 0.29) is 0 Å². The van der Waals surface area contributed by atoms with Gasteiger partial charge in [0, 0.05) is 0 Å². The molecule has 0 aromatic heterocycles. The number of hydrogen-bond acceptors (Lipinski definition) is 1. The van der Waals surface area contributed by atoms with Gasteiger partial charge in [-0.05, 0) is 26.2 Å².